The fourth-order valence-electron chi connectivity index (χ4n) is 1.07. The summed E-state index contributed by atoms with van der Waals surface area (Å²) in [5.41, 5.74) is 0.222. The molecule has 0 fully saturated rings. The van der Waals surface area contributed by atoms with Gasteiger partial charge in [0, 0.05) is 29.4 Å². The molecule has 0 aromatic heterocycles. The van der Waals surface area contributed by atoms with Crippen LogP contribution in [0.2, 0.25) is 0 Å². The normalized spacial score (nSPS) is 12.6. The van der Waals surface area contributed by atoms with E-state index in [1.165, 1.54) is 19.1 Å². The minimum Gasteiger partial charge on any atom is -0.488 e. The summed E-state index contributed by atoms with van der Waals surface area (Å²) in [5.74, 6) is -2.12. The molecule has 1 aromatic carbocycles. The van der Waals surface area contributed by atoms with Crippen molar-refractivity contribution in [3.8, 4) is 5.75 Å². The van der Waals surface area contributed by atoms with E-state index < -0.39 is 17.7 Å². The fraction of sp³-hybridized carbons (Fsp3) is 0.400. The van der Waals surface area contributed by atoms with E-state index in [1.54, 1.807) is 0 Å². The predicted octanol–water partition coefficient (Wildman–Crippen LogP) is 1.95. The molecule has 0 aliphatic heterocycles. The maximum atomic E-state index is 13.3. The third-order valence-electron chi connectivity index (χ3n) is 1.98. The largest absolute Gasteiger partial charge is 0.488 e. The van der Waals surface area contributed by atoms with Crippen LogP contribution in [-0.4, -0.2) is 24.4 Å². The van der Waals surface area contributed by atoms with E-state index in [-0.39, 0.29) is 17.9 Å². The van der Waals surface area contributed by atoms with Gasteiger partial charge < -0.3 is 9.84 Å². The Bertz CT molecular complexity index is 363. The summed E-state index contributed by atoms with van der Waals surface area (Å²) in [4.78, 5) is 0. The Morgan fingerprint density at radius 1 is 1.44 bits per heavy atom. The van der Waals surface area contributed by atoms with Gasteiger partial charge in [-0.1, -0.05) is 6.07 Å². The van der Waals surface area contributed by atoms with Crippen molar-refractivity contribution < 1.29 is 18.6 Å². The maximum absolute atomic E-state index is 13.3. The van der Waals surface area contributed by atoms with Crippen LogP contribution >= 0.6 is 22.9 Å². The molecular weight excluding hydrogens is 331 g/mol. The van der Waals surface area contributed by atoms with Gasteiger partial charge in [-0.2, -0.15) is 4.39 Å². The first-order valence-electron chi connectivity index (χ1n) is 4.65. The lowest BCUT2D eigenvalue weighted by atomic mass is 10.2. The van der Waals surface area contributed by atoms with Gasteiger partial charge in [-0.25, -0.2) is 4.39 Å². The quantitative estimate of drug-likeness (QED) is 0.634. The molecular formula is C10H12F2INO2. The molecule has 0 radical (unpaired) electrons. The number of ether oxygens (including phenoxy) is 1. The Hall–Kier alpha value is -0.470. The summed E-state index contributed by atoms with van der Waals surface area (Å²) in [5, 5.41) is 9.32. The number of hydrogen-bond acceptors (Lipinski definition) is 3. The maximum Gasteiger partial charge on any atom is 0.200 e. The first-order valence-corrected chi connectivity index (χ1v) is 5.73. The van der Waals surface area contributed by atoms with Gasteiger partial charge >= 0.3 is 0 Å². The average molecular weight is 343 g/mol. The Labute approximate surface area is 106 Å². The minimum absolute atomic E-state index is 0.0879. The van der Waals surface area contributed by atoms with Crippen molar-refractivity contribution in [3.63, 3.8) is 0 Å². The lowest BCUT2D eigenvalue weighted by Gasteiger charge is -2.12. The standard InChI is InChI=1S/C10H12F2INO2/c1-6-2-3-8(10(12)9(6)11)16-5-7(15)4-14-13/h2-3,7,14-15H,4-5H2,1H3. The van der Waals surface area contributed by atoms with Crippen LogP contribution in [-0.2, 0) is 0 Å². The number of aryl methyl sites for hydroxylation is 1. The Kier molecular flexibility index (Phi) is 5.36. The summed E-state index contributed by atoms with van der Waals surface area (Å²) in [6, 6.07) is 2.77. The highest BCUT2D eigenvalue weighted by Gasteiger charge is 2.13. The molecule has 1 aromatic rings. The predicted molar refractivity (Wildman–Crippen MR) is 64.6 cm³/mol. The van der Waals surface area contributed by atoms with Gasteiger partial charge in [0.1, 0.15) is 12.7 Å². The Morgan fingerprint density at radius 2 is 2.12 bits per heavy atom. The van der Waals surface area contributed by atoms with Crippen LogP contribution in [0.1, 0.15) is 5.56 Å². The summed E-state index contributed by atoms with van der Waals surface area (Å²) in [7, 11) is 0. The van der Waals surface area contributed by atoms with Gasteiger partial charge in [0.25, 0.3) is 0 Å². The van der Waals surface area contributed by atoms with Crippen LogP contribution in [0.25, 0.3) is 0 Å². The van der Waals surface area contributed by atoms with Crippen molar-refractivity contribution >= 4 is 22.9 Å². The Morgan fingerprint density at radius 3 is 2.75 bits per heavy atom. The summed E-state index contributed by atoms with van der Waals surface area (Å²) >= 11 is 1.87. The molecule has 1 atom stereocenters. The van der Waals surface area contributed by atoms with E-state index in [0.29, 0.717) is 6.54 Å². The zero-order chi connectivity index (χ0) is 12.1. The van der Waals surface area contributed by atoms with Crippen molar-refractivity contribution in [1.82, 2.24) is 3.53 Å². The van der Waals surface area contributed by atoms with E-state index in [9.17, 15) is 13.9 Å². The highest BCUT2D eigenvalue weighted by atomic mass is 127. The summed E-state index contributed by atoms with van der Waals surface area (Å²) in [6.07, 6.45) is -0.763. The molecule has 16 heavy (non-hydrogen) atoms. The van der Waals surface area contributed by atoms with E-state index >= 15 is 0 Å². The lowest BCUT2D eigenvalue weighted by molar-refractivity contribution is 0.109. The second kappa shape index (κ2) is 6.31. The van der Waals surface area contributed by atoms with E-state index in [0.717, 1.165) is 0 Å². The van der Waals surface area contributed by atoms with Crippen molar-refractivity contribution in [2.75, 3.05) is 13.2 Å². The van der Waals surface area contributed by atoms with Crippen LogP contribution in [0.15, 0.2) is 12.1 Å². The molecule has 0 spiro atoms. The number of rotatable bonds is 5. The lowest BCUT2D eigenvalue weighted by Crippen LogP contribution is -2.26. The highest BCUT2D eigenvalue weighted by molar-refractivity contribution is 14.1. The van der Waals surface area contributed by atoms with Crippen molar-refractivity contribution in [3.05, 3.63) is 29.3 Å². The highest BCUT2D eigenvalue weighted by Crippen LogP contribution is 2.22. The number of benzene rings is 1. The number of aliphatic hydroxyl groups excluding tert-OH is 1. The van der Waals surface area contributed by atoms with Gasteiger partial charge in [0.2, 0.25) is 5.82 Å². The van der Waals surface area contributed by atoms with Gasteiger partial charge in [-0.05, 0) is 18.6 Å². The van der Waals surface area contributed by atoms with Gasteiger partial charge in [-0.15, -0.1) is 0 Å². The third kappa shape index (κ3) is 3.53. The van der Waals surface area contributed by atoms with Crippen molar-refractivity contribution in [1.29, 1.82) is 0 Å². The molecule has 0 bridgehead atoms. The zero-order valence-electron chi connectivity index (χ0n) is 8.64. The molecule has 0 saturated heterocycles. The monoisotopic (exact) mass is 343 g/mol. The van der Waals surface area contributed by atoms with Crippen molar-refractivity contribution in [2.45, 2.75) is 13.0 Å². The molecule has 3 nitrogen and oxygen atoms in total. The van der Waals surface area contributed by atoms with Crippen LogP contribution in [0.5, 0.6) is 5.75 Å². The first kappa shape index (κ1) is 13.6. The molecule has 90 valence electrons. The first-order chi connectivity index (χ1) is 7.56. The Balaban J connectivity index is 2.64. The minimum atomic E-state index is -1.02. The number of hydrogen-bond donors (Lipinski definition) is 2. The molecule has 1 rings (SSSR count). The molecule has 0 aliphatic carbocycles. The molecule has 6 heteroatoms. The summed E-state index contributed by atoms with van der Waals surface area (Å²) < 4.78 is 34.1. The molecule has 0 amide bonds. The number of aliphatic hydroxyl groups is 1. The average Bonchev–Trinajstić information content (AvgIpc) is 2.25. The fourth-order valence-corrected chi connectivity index (χ4v) is 1.58. The molecule has 0 aliphatic rings. The smallest absolute Gasteiger partial charge is 0.200 e. The topological polar surface area (TPSA) is 41.5 Å². The van der Waals surface area contributed by atoms with E-state index in [2.05, 4.69) is 3.53 Å². The van der Waals surface area contributed by atoms with E-state index in [1.807, 2.05) is 22.9 Å². The molecule has 2 N–H and O–H groups in total. The second-order valence-electron chi connectivity index (χ2n) is 3.31. The zero-order valence-corrected chi connectivity index (χ0v) is 10.8. The van der Waals surface area contributed by atoms with Gasteiger partial charge in [0.05, 0.1) is 0 Å². The van der Waals surface area contributed by atoms with Gasteiger partial charge in [-0.3, -0.25) is 3.53 Å². The third-order valence-corrected chi connectivity index (χ3v) is 2.42. The summed E-state index contributed by atoms with van der Waals surface area (Å²) in [6.45, 7) is 1.70. The number of halogens is 3. The second-order valence-corrected chi connectivity index (χ2v) is 4.07. The van der Waals surface area contributed by atoms with Crippen molar-refractivity contribution in [2.24, 2.45) is 0 Å². The SMILES string of the molecule is Cc1ccc(OCC(O)CNI)c(F)c1F. The molecule has 0 heterocycles. The van der Waals surface area contributed by atoms with Gasteiger partial charge in [0.15, 0.2) is 11.6 Å². The van der Waals surface area contributed by atoms with Crippen LogP contribution < -0.4 is 8.27 Å². The van der Waals surface area contributed by atoms with E-state index in [4.69, 9.17) is 4.74 Å². The van der Waals surface area contributed by atoms with Crippen LogP contribution in [0.3, 0.4) is 0 Å². The molecule has 0 saturated carbocycles. The van der Waals surface area contributed by atoms with Crippen LogP contribution in [0.4, 0.5) is 8.78 Å². The van der Waals surface area contributed by atoms with Crippen LogP contribution in [0, 0.1) is 18.6 Å². The number of nitrogens with one attached hydrogen (secondary N) is 1. The molecule has 1 unspecified atom stereocenters.